The predicted octanol–water partition coefficient (Wildman–Crippen LogP) is 2.29. The lowest BCUT2D eigenvalue weighted by Crippen LogP contribution is -2.50. The fraction of sp³-hybridized carbons (Fsp3) is 0.520. The Balaban J connectivity index is 0.00000148. The number of aliphatic hydroxyl groups excluding tert-OH is 2. The van der Waals surface area contributed by atoms with Gasteiger partial charge in [-0.1, -0.05) is 6.92 Å². The summed E-state index contributed by atoms with van der Waals surface area (Å²) in [6.45, 7) is 2.26. The van der Waals surface area contributed by atoms with Crippen molar-refractivity contribution in [2.75, 3.05) is 24.8 Å². The summed E-state index contributed by atoms with van der Waals surface area (Å²) in [5, 5.41) is 30.2. The molecule has 0 aromatic carbocycles. The molecule has 0 bridgehead atoms. The van der Waals surface area contributed by atoms with Crippen molar-refractivity contribution in [3.63, 3.8) is 0 Å². The first kappa shape index (κ1) is 25.6. The van der Waals surface area contributed by atoms with Crippen LogP contribution in [0.5, 0.6) is 0 Å². The molecule has 2 unspecified atom stereocenters. The lowest BCUT2D eigenvalue weighted by atomic mass is 9.87. The minimum atomic E-state index is -0.517. The van der Waals surface area contributed by atoms with Crippen molar-refractivity contribution in [3.05, 3.63) is 46.5 Å². The van der Waals surface area contributed by atoms with Gasteiger partial charge in [0.05, 0.1) is 18.3 Å². The largest absolute Gasteiger partial charge is 0.400 e. The van der Waals surface area contributed by atoms with Crippen LogP contribution in [0, 0.1) is 5.92 Å². The molecule has 0 saturated heterocycles. The van der Waals surface area contributed by atoms with E-state index in [-0.39, 0.29) is 23.6 Å². The van der Waals surface area contributed by atoms with Crippen molar-refractivity contribution >= 4 is 28.9 Å². The minimum Gasteiger partial charge on any atom is -0.400 e. The van der Waals surface area contributed by atoms with Gasteiger partial charge in [-0.3, -0.25) is 9.59 Å². The van der Waals surface area contributed by atoms with Gasteiger partial charge in [-0.05, 0) is 56.6 Å². The van der Waals surface area contributed by atoms with Crippen LogP contribution in [0.1, 0.15) is 61.8 Å². The van der Waals surface area contributed by atoms with Crippen LogP contribution in [-0.4, -0.2) is 61.6 Å². The molecule has 2 saturated carbocycles. The molecule has 5 N–H and O–H groups in total. The highest BCUT2D eigenvalue weighted by Gasteiger charge is 2.31. The number of aliphatic hydroxyl groups is 2. The molecule has 3 heterocycles. The number of rotatable bonds is 6. The molecule has 11 nitrogen and oxygen atoms in total. The van der Waals surface area contributed by atoms with Crippen LogP contribution in [0.2, 0.25) is 0 Å². The maximum atomic E-state index is 13.2. The van der Waals surface area contributed by atoms with Gasteiger partial charge in [0.15, 0.2) is 5.65 Å². The van der Waals surface area contributed by atoms with E-state index in [1.54, 1.807) is 23.7 Å². The Morgan fingerprint density at radius 2 is 1.89 bits per heavy atom. The zero-order chi connectivity index (χ0) is 25.8. The maximum absolute atomic E-state index is 13.2. The summed E-state index contributed by atoms with van der Waals surface area (Å²) in [6.07, 6.45) is 8.50. The van der Waals surface area contributed by atoms with E-state index in [1.807, 2.05) is 16.8 Å². The van der Waals surface area contributed by atoms with E-state index in [2.05, 4.69) is 33.0 Å². The Bertz CT molecular complexity index is 1260. The summed E-state index contributed by atoms with van der Waals surface area (Å²) in [7, 11) is 2.75. The fourth-order valence-electron chi connectivity index (χ4n) is 4.81. The molecule has 194 valence electrons. The molecule has 3 aromatic rings. The second-order valence-electron chi connectivity index (χ2n) is 9.47. The van der Waals surface area contributed by atoms with Crippen LogP contribution in [0.4, 0.5) is 17.3 Å². The van der Waals surface area contributed by atoms with E-state index in [0.29, 0.717) is 40.9 Å². The van der Waals surface area contributed by atoms with Gasteiger partial charge in [0, 0.05) is 32.5 Å². The first-order valence-electron chi connectivity index (χ1n) is 12.4. The molecule has 0 radical (unpaired) electrons. The minimum absolute atomic E-state index is 0.0832. The average Bonchev–Trinajstić information content (AvgIpc) is 3.33. The molecule has 1 amide bonds. The molecule has 3 aromatic heterocycles. The predicted molar refractivity (Wildman–Crippen MR) is 138 cm³/mol. The molecule has 2 aliphatic rings. The number of pyridine rings is 1. The van der Waals surface area contributed by atoms with Gasteiger partial charge in [-0.25, -0.2) is 4.98 Å². The van der Waals surface area contributed by atoms with Gasteiger partial charge in [0.25, 0.3) is 11.5 Å². The fourth-order valence-corrected chi connectivity index (χ4v) is 4.81. The molecule has 0 aliphatic heterocycles. The Kier molecular flexibility index (Phi) is 7.90. The highest BCUT2D eigenvalue weighted by molar-refractivity contribution is 6.00. The molecule has 5 rings (SSSR count). The molecular weight excluding hydrogens is 462 g/mol. The van der Waals surface area contributed by atoms with Crippen LogP contribution in [0.15, 0.2) is 35.4 Å². The Morgan fingerprint density at radius 1 is 1.14 bits per heavy atom. The number of nitrogens with zero attached hydrogens (tertiary/aromatic N) is 4. The van der Waals surface area contributed by atoms with Crippen molar-refractivity contribution in [3.8, 4) is 0 Å². The van der Waals surface area contributed by atoms with Gasteiger partial charge in [-0.15, -0.1) is 0 Å². The SMILES string of the molecule is CNc1cc(Nc2cccn(C3CCC(C)CC3)c2=O)nc2c(C(=O)NC3CCC3O)cnn12.CO. The van der Waals surface area contributed by atoms with Crippen molar-refractivity contribution in [2.45, 2.75) is 63.6 Å². The number of carbonyl (C=O) groups excluding carboxylic acids is 1. The zero-order valence-electron chi connectivity index (χ0n) is 20.9. The summed E-state index contributed by atoms with van der Waals surface area (Å²) in [4.78, 5) is 30.7. The van der Waals surface area contributed by atoms with Gasteiger partial charge in [0.1, 0.15) is 22.9 Å². The first-order valence-corrected chi connectivity index (χ1v) is 12.4. The average molecular weight is 498 g/mol. The summed E-state index contributed by atoms with van der Waals surface area (Å²) >= 11 is 0. The van der Waals surface area contributed by atoms with Gasteiger partial charge >= 0.3 is 0 Å². The topological polar surface area (TPSA) is 146 Å². The lowest BCUT2D eigenvalue weighted by Gasteiger charge is -2.32. The summed E-state index contributed by atoms with van der Waals surface area (Å²) in [5.74, 6) is 1.42. The molecule has 11 heteroatoms. The van der Waals surface area contributed by atoms with E-state index in [9.17, 15) is 14.7 Å². The van der Waals surface area contributed by atoms with Gasteiger partial charge in [-0.2, -0.15) is 9.61 Å². The summed E-state index contributed by atoms with van der Waals surface area (Å²) in [5.41, 5.74) is 1.02. The number of hydrogen-bond acceptors (Lipinski definition) is 8. The molecule has 2 aliphatic carbocycles. The van der Waals surface area contributed by atoms with Crippen LogP contribution < -0.4 is 21.5 Å². The molecule has 2 fully saturated rings. The van der Waals surface area contributed by atoms with Crippen molar-refractivity contribution < 1.29 is 15.0 Å². The smallest absolute Gasteiger partial charge is 0.274 e. The van der Waals surface area contributed by atoms with Crippen molar-refractivity contribution in [2.24, 2.45) is 5.92 Å². The van der Waals surface area contributed by atoms with Crippen molar-refractivity contribution in [1.29, 1.82) is 0 Å². The molecule has 36 heavy (non-hydrogen) atoms. The molecule has 2 atom stereocenters. The van der Waals surface area contributed by atoms with Crippen LogP contribution in [-0.2, 0) is 0 Å². The number of amides is 1. The summed E-state index contributed by atoms with van der Waals surface area (Å²) in [6, 6.07) is 5.33. The van der Waals surface area contributed by atoms with Gasteiger partial charge < -0.3 is 30.7 Å². The van der Waals surface area contributed by atoms with Crippen LogP contribution in [0.3, 0.4) is 0 Å². The monoisotopic (exact) mass is 497 g/mol. The third kappa shape index (κ3) is 5.07. The van der Waals surface area contributed by atoms with E-state index < -0.39 is 6.10 Å². The number of carbonyl (C=O) groups is 1. The third-order valence-corrected chi connectivity index (χ3v) is 7.14. The Morgan fingerprint density at radius 3 is 2.53 bits per heavy atom. The maximum Gasteiger partial charge on any atom is 0.274 e. The van der Waals surface area contributed by atoms with Crippen molar-refractivity contribution in [1.82, 2.24) is 24.5 Å². The molecule has 0 spiro atoms. The summed E-state index contributed by atoms with van der Waals surface area (Å²) < 4.78 is 3.37. The number of aromatic nitrogens is 4. The number of hydrogen-bond donors (Lipinski definition) is 5. The van der Waals surface area contributed by atoms with Crippen LogP contribution >= 0.6 is 0 Å². The lowest BCUT2D eigenvalue weighted by molar-refractivity contribution is 0.0448. The van der Waals surface area contributed by atoms with Crippen LogP contribution in [0.25, 0.3) is 5.65 Å². The number of anilines is 3. The number of nitrogens with one attached hydrogen (secondary N) is 3. The zero-order valence-corrected chi connectivity index (χ0v) is 20.9. The quantitative estimate of drug-likeness (QED) is 0.349. The second kappa shape index (κ2) is 11.1. The van der Waals surface area contributed by atoms with E-state index in [0.717, 1.165) is 39.2 Å². The number of fused-ring (bicyclic) bond motifs is 1. The molecular formula is C25H35N7O4. The second-order valence-corrected chi connectivity index (χ2v) is 9.47. The normalized spacial score (nSPS) is 23.2. The van der Waals surface area contributed by atoms with E-state index >= 15 is 0 Å². The van der Waals surface area contributed by atoms with E-state index in [4.69, 9.17) is 5.11 Å². The highest BCUT2D eigenvalue weighted by Crippen LogP contribution is 2.31. The first-order chi connectivity index (χ1) is 17.4. The van der Waals surface area contributed by atoms with E-state index in [1.165, 1.54) is 6.20 Å². The Hall–Kier alpha value is -3.44. The highest BCUT2D eigenvalue weighted by atomic mass is 16.3. The van der Waals surface area contributed by atoms with Gasteiger partial charge in [0.2, 0.25) is 0 Å². The Labute approximate surface area is 209 Å². The third-order valence-electron chi connectivity index (χ3n) is 7.14. The standard InChI is InChI=1S/C24H31N7O3.CH4O/c1-14-5-7-15(8-6-14)30-11-3-4-18(24(30)34)27-20-12-21(25-2)31-22(29-20)16(13-26-31)23(33)28-17-9-10-19(17)32;1-2/h3-4,11-15,17,19,25,32H,5-10H2,1-2H3,(H,27,29)(H,28,33);2H,1H3.